The van der Waals surface area contributed by atoms with E-state index < -0.39 is 0 Å². The van der Waals surface area contributed by atoms with E-state index in [0.29, 0.717) is 0 Å². The third kappa shape index (κ3) is 4.72. The molecule has 3 heterocycles. The lowest BCUT2D eigenvalue weighted by molar-refractivity contribution is 0.597. The number of fused-ring (bicyclic) bond motifs is 10. The second-order valence-corrected chi connectivity index (χ2v) is 14.0. The highest BCUT2D eigenvalue weighted by atomic mass is 32.1. The minimum absolute atomic E-state index is 0.871. The van der Waals surface area contributed by atoms with Crippen LogP contribution < -0.4 is 0 Å². The average molecular weight is 671 g/mol. The lowest BCUT2D eigenvalue weighted by Crippen LogP contribution is -1.90. The fraction of sp³-hybridized carbons (Fsp3) is 0.0213. The number of para-hydroxylation sites is 1. The molecule has 0 spiro atoms. The van der Waals surface area contributed by atoms with Crippen LogP contribution >= 0.6 is 11.3 Å². The van der Waals surface area contributed by atoms with Crippen LogP contribution in [0.25, 0.3) is 91.8 Å². The van der Waals surface area contributed by atoms with Gasteiger partial charge in [0, 0.05) is 37.4 Å². The molecule has 0 unspecified atom stereocenters. The van der Waals surface area contributed by atoms with Crippen LogP contribution in [0.3, 0.4) is 0 Å². The van der Waals surface area contributed by atoms with Crippen LogP contribution in [-0.4, -0.2) is 9.97 Å². The van der Waals surface area contributed by atoms with Crippen molar-refractivity contribution >= 4 is 80.9 Å². The van der Waals surface area contributed by atoms with Gasteiger partial charge in [0.05, 0.1) is 11.0 Å². The van der Waals surface area contributed by atoms with E-state index in [1.54, 1.807) is 11.3 Å². The van der Waals surface area contributed by atoms with Gasteiger partial charge in [-0.25, -0.2) is 9.97 Å². The second-order valence-electron chi connectivity index (χ2n) is 13.0. The minimum atomic E-state index is 0.871. The normalized spacial score (nSPS) is 12.2. The lowest BCUT2D eigenvalue weighted by Gasteiger charge is -2.11. The van der Waals surface area contributed by atoms with E-state index >= 15 is 0 Å². The molecule has 0 radical (unpaired) electrons. The number of hydrogen-bond acceptors (Lipinski definition) is 4. The number of allylic oxidation sites excluding steroid dienone is 2. The zero-order valence-electron chi connectivity index (χ0n) is 27.9. The fourth-order valence-corrected chi connectivity index (χ4v) is 8.57. The molecule has 0 saturated heterocycles. The minimum Gasteiger partial charge on any atom is -0.456 e. The predicted molar refractivity (Wildman–Crippen MR) is 217 cm³/mol. The van der Waals surface area contributed by atoms with Gasteiger partial charge in [0.1, 0.15) is 21.7 Å². The summed E-state index contributed by atoms with van der Waals surface area (Å²) in [6, 6.07) is 49.4. The highest BCUT2D eigenvalue weighted by molar-refractivity contribution is 7.25. The monoisotopic (exact) mass is 670 g/mol. The molecule has 0 bridgehead atoms. The molecule has 3 nitrogen and oxygen atoms in total. The zero-order chi connectivity index (χ0) is 34.1. The molecule has 51 heavy (non-hydrogen) atoms. The first-order chi connectivity index (χ1) is 25.1. The summed E-state index contributed by atoms with van der Waals surface area (Å²) in [6.07, 6.45) is 3.87. The molecule has 4 heteroatoms. The number of benzene rings is 7. The van der Waals surface area contributed by atoms with E-state index in [0.717, 1.165) is 93.2 Å². The molecule has 10 aromatic rings. The molecule has 0 aliphatic heterocycles. The molecule has 0 saturated carbocycles. The Morgan fingerprint density at radius 2 is 1.18 bits per heavy atom. The molecule has 0 amide bonds. The summed E-state index contributed by atoms with van der Waals surface area (Å²) in [4.78, 5) is 11.6. The highest BCUT2D eigenvalue weighted by Crippen LogP contribution is 2.40. The molecular weight excluding hydrogens is 641 g/mol. The van der Waals surface area contributed by atoms with Gasteiger partial charge in [-0.2, -0.15) is 0 Å². The molecule has 0 fully saturated rings. The van der Waals surface area contributed by atoms with Gasteiger partial charge in [0.25, 0.3) is 0 Å². The zero-order valence-corrected chi connectivity index (χ0v) is 28.7. The standard InChI is InChI=1S/C47H30N2OS/c1-3-12-35(46-28(2)34-17-8-9-22-41(34)50-46)33-16-11-15-31(26-33)29-13-10-14-30(25-29)32-23-24-42-40(27-32)45-47(51-42)49-44-39-21-7-5-19-37(39)36-18-4-6-20-38(36)43(44)48-45/h3-27H,1H2,2H3/b35-12-. The topological polar surface area (TPSA) is 38.9 Å². The highest BCUT2D eigenvalue weighted by Gasteiger charge is 2.18. The Bertz CT molecular complexity index is 3070. The van der Waals surface area contributed by atoms with E-state index in [-0.39, 0.29) is 0 Å². The largest absolute Gasteiger partial charge is 0.456 e. The smallest absolute Gasteiger partial charge is 0.143 e. The van der Waals surface area contributed by atoms with Crippen molar-refractivity contribution in [3.05, 3.63) is 175 Å². The summed E-state index contributed by atoms with van der Waals surface area (Å²) in [6.45, 7) is 6.13. The molecular formula is C47H30N2OS. The van der Waals surface area contributed by atoms with E-state index in [1.807, 2.05) is 24.3 Å². The Hall–Kier alpha value is -6.36. The van der Waals surface area contributed by atoms with Crippen LogP contribution in [-0.2, 0) is 0 Å². The van der Waals surface area contributed by atoms with Gasteiger partial charge >= 0.3 is 0 Å². The molecule has 0 aliphatic carbocycles. The number of hydrogen-bond donors (Lipinski definition) is 0. The summed E-state index contributed by atoms with van der Waals surface area (Å²) >= 11 is 1.71. The van der Waals surface area contributed by atoms with Gasteiger partial charge < -0.3 is 4.42 Å². The predicted octanol–water partition coefficient (Wildman–Crippen LogP) is 13.3. The quantitative estimate of drug-likeness (QED) is 0.135. The third-order valence-electron chi connectivity index (χ3n) is 10.0. The van der Waals surface area contributed by atoms with E-state index in [4.69, 9.17) is 14.4 Å². The van der Waals surface area contributed by atoms with Crippen LogP contribution in [0.5, 0.6) is 0 Å². The van der Waals surface area contributed by atoms with Crippen molar-refractivity contribution in [2.24, 2.45) is 0 Å². The molecule has 0 aliphatic rings. The van der Waals surface area contributed by atoms with Crippen molar-refractivity contribution < 1.29 is 4.42 Å². The van der Waals surface area contributed by atoms with Crippen LogP contribution in [0.15, 0.2) is 163 Å². The van der Waals surface area contributed by atoms with E-state index in [1.165, 1.54) is 15.5 Å². The van der Waals surface area contributed by atoms with Gasteiger partial charge in [-0.15, -0.1) is 11.3 Å². The van der Waals surface area contributed by atoms with Crippen LogP contribution in [0.1, 0.15) is 16.9 Å². The Morgan fingerprint density at radius 3 is 1.88 bits per heavy atom. The molecule has 7 aromatic carbocycles. The first-order valence-electron chi connectivity index (χ1n) is 17.1. The van der Waals surface area contributed by atoms with Crippen molar-refractivity contribution in [1.29, 1.82) is 0 Å². The fourth-order valence-electron chi connectivity index (χ4n) is 7.58. The molecule has 0 atom stereocenters. The summed E-state index contributed by atoms with van der Waals surface area (Å²) in [7, 11) is 0. The van der Waals surface area contributed by atoms with Gasteiger partial charge in [-0.3, -0.25) is 0 Å². The number of thiophene rings is 1. The van der Waals surface area contributed by atoms with Crippen LogP contribution in [0.4, 0.5) is 0 Å². The maximum Gasteiger partial charge on any atom is 0.143 e. The van der Waals surface area contributed by atoms with E-state index in [2.05, 4.69) is 141 Å². The number of furan rings is 1. The molecule has 10 rings (SSSR count). The lowest BCUT2D eigenvalue weighted by atomic mass is 9.94. The maximum absolute atomic E-state index is 6.39. The van der Waals surface area contributed by atoms with E-state index in [9.17, 15) is 0 Å². The summed E-state index contributed by atoms with van der Waals surface area (Å²) in [5.74, 6) is 0.871. The summed E-state index contributed by atoms with van der Waals surface area (Å²) in [5, 5.41) is 6.94. The van der Waals surface area contributed by atoms with Crippen molar-refractivity contribution in [3.8, 4) is 22.3 Å². The van der Waals surface area contributed by atoms with Crippen LogP contribution in [0.2, 0.25) is 0 Å². The Morgan fingerprint density at radius 1 is 0.569 bits per heavy atom. The maximum atomic E-state index is 6.39. The summed E-state index contributed by atoms with van der Waals surface area (Å²) < 4.78 is 7.57. The molecule has 0 N–H and O–H groups in total. The van der Waals surface area contributed by atoms with Gasteiger partial charge in [-0.05, 0) is 75.8 Å². The van der Waals surface area contributed by atoms with Crippen molar-refractivity contribution in [2.75, 3.05) is 0 Å². The van der Waals surface area contributed by atoms with Crippen molar-refractivity contribution in [3.63, 3.8) is 0 Å². The Kier molecular flexibility index (Phi) is 6.73. The molecule has 3 aromatic heterocycles. The van der Waals surface area contributed by atoms with Crippen molar-refractivity contribution in [1.82, 2.24) is 9.97 Å². The van der Waals surface area contributed by atoms with Crippen molar-refractivity contribution in [2.45, 2.75) is 6.92 Å². The molecule has 240 valence electrons. The van der Waals surface area contributed by atoms with Gasteiger partial charge in [0.2, 0.25) is 0 Å². The Balaban J connectivity index is 1.08. The van der Waals surface area contributed by atoms with Crippen LogP contribution in [0, 0.1) is 6.92 Å². The number of nitrogens with zero attached hydrogens (tertiary/aromatic N) is 2. The van der Waals surface area contributed by atoms with Gasteiger partial charge in [0.15, 0.2) is 0 Å². The summed E-state index contributed by atoms with van der Waals surface area (Å²) in [5.41, 5.74) is 11.6. The second kappa shape index (κ2) is 11.6. The number of aryl methyl sites for hydroxylation is 1. The third-order valence-corrected chi connectivity index (χ3v) is 11.1. The SMILES string of the molecule is C=C/C=C(/c1cccc(-c2cccc(-c3ccc4sc5nc6c7ccccc7c7ccccc7c6nc5c4c3)c2)c1)c1oc2ccccc2c1C. The average Bonchev–Trinajstić information content (AvgIpc) is 3.72. The first-order valence-corrected chi connectivity index (χ1v) is 17.9. The Labute approximate surface area is 298 Å². The first kappa shape index (κ1) is 29.5. The number of rotatable bonds is 5. The number of aromatic nitrogens is 2. The van der Waals surface area contributed by atoms with Gasteiger partial charge in [-0.1, -0.05) is 128 Å².